The lowest BCUT2D eigenvalue weighted by Gasteiger charge is -2.34. The van der Waals surface area contributed by atoms with Crippen molar-refractivity contribution >= 4 is 0 Å². The highest BCUT2D eigenvalue weighted by Gasteiger charge is 2.51. The fraction of sp³-hybridized carbons (Fsp3) is 0.355. The molecule has 5 rings (SSSR count). The van der Waals surface area contributed by atoms with E-state index in [1.54, 1.807) is 5.57 Å². The minimum atomic E-state index is 0.413. The standard InChI is InChI=1S/C31H34/c1-3-4-11-23-17-19-27-26-18-16-22(2)20-28(26)31(29(27)21-23)30(24-12-7-5-8-13-24)25-14-9-6-10-15-25/h5-10,12-21,26-31H,3-4,11H2,1-2H3. The molecule has 158 valence electrons. The normalized spacial score (nSPS) is 28.8. The van der Waals surface area contributed by atoms with Crippen molar-refractivity contribution in [2.24, 2.45) is 29.6 Å². The monoisotopic (exact) mass is 406 g/mol. The molecule has 0 aliphatic heterocycles. The molecule has 0 N–H and O–H groups in total. The van der Waals surface area contributed by atoms with E-state index in [9.17, 15) is 0 Å². The third kappa shape index (κ3) is 3.89. The average molecular weight is 407 g/mol. The summed E-state index contributed by atoms with van der Waals surface area (Å²) in [5, 5.41) is 0. The Bertz CT molecular complexity index is 965. The van der Waals surface area contributed by atoms with Gasteiger partial charge in [0.25, 0.3) is 0 Å². The van der Waals surface area contributed by atoms with E-state index >= 15 is 0 Å². The lowest BCUT2D eigenvalue weighted by Crippen LogP contribution is -2.25. The van der Waals surface area contributed by atoms with E-state index in [1.165, 1.54) is 36.0 Å². The summed E-state index contributed by atoms with van der Waals surface area (Å²) in [6.07, 6.45) is 18.9. The van der Waals surface area contributed by atoms with Gasteiger partial charge < -0.3 is 0 Å². The Morgan fingerprint density at radius 3 is 1.90 bits per heavy atom. The van der Waals surface area contributed by atoms with E-state index in [0.717, 1.165) is 0 Å². The van der Waals surface area contributed by atoms with Crippen molar-refractivity contribution in [3.8, 4) is 0 Å². The smallest absolute Gasteiger partial charge is 0.0129 e. The van der Waals surface area contributed by atoms with Crippen LogP contribution in [0.1, 0.15) is 50.2 Å². The van der Waals surface area contributed by atoms with Gasteiger partial charge in [0, 0.05) is 5.92 Å². The Hall–Kier alpha value is -2.60. The quantitative estimate of drug-likeness (QED) is 0.454. The van der Waals surface area contributed by atoms with Crippen LogP contribution < -0.4 is 0 Å². The molecule has 0 aromatic heterocycles. The molecule has 2 aromatic rings. The van der Waals surface area contributed by atoms with Gasteiger partial charge in [-0.1, -0.05) is 122 Å². The molecule has 31 heavy (non-hydrogen) atoms. The SMILES string of the molecule is CCCCC1=CC2C(C=C1)C1C=CC(C)=CC1C2C(c1ccccc1)c1ccccc1. The third-order valence-corrected chi connectivity index (χ3v) is 7.72. The van der Waals surface area contributed by atoms with Crippen molar-refractivity contribution in [2.75, 3.05) is 0 Å². The van der Waals surface area contributed by atoms with Crippen molar-refractivity contribution < 1.29 is 0 Å². The van der Waals surface area contributed by atoms with Crippen molar-refractivity contribution in [2.45, 2.75) is 39.0 Å². The van der Waals surface area contributed by atoms with Gasteiger partial charge in [0.2, 0.25) is 0 Å². The molecule has 0 amide bonds. The van der Waals surface area contributed by atoms with E-state index < -0.39 is 0 Å². The lowest BCUT2D eigenvalue weighted by atomic mass is 9.69. The van der Waals surface area contributed by atoms with E-state index in [-0.39, 0.29) is 0 Å². The first-order valence-electron chi connectivity index (χ1n) is 12.1. The van der Waals surface area contributed by atoms with Gasteiger partial charge in [0.05, 0.1) is 0 Å². The number of hydrogen-bond acceptors (Lipinski definition) is 0. The average Bonchev–Trinajstić information content (AvgIpc) is 3.12. The number of unbranched alkanes of at least 4 members (excludes halogenated alkanes) is 1. The van der Waals surface area contributed by atoms with Crippen molar-refractivity contribution in [1.82, 2.24) is 0 Å². The Balaban J connectivity index is 1.63. The molecule has 0 nitrogen and oxygen atoms in total. The lowest BCUT2D eigenvalue weighted by molar-refractivity contribution is 0.335. The van der Waals surface area contributed by atoms with Gasteiger partial charge in [-0.15, -0.1) is 0 Å². The van der Waals surface area contributed by atoms with Crippen molar-refractivity contribution in [3.05, 3.63) is 119 Å². The molecule has 5 unspecified atom stereocenters. The van der Waals surface area contributed by atoms with E-state index in [1.807, 2.05) is 0 Å². The van der Waals surface area contributed by atoms with Gasteiger partial charge in [0.15, 0.2) is 0 Å². The highest BCUT2D eigenvalue weighted by atomic mass is 14.5. The molecular weight excluding hydrogens is 372 g/mol. The maximum Gasteiger partial charge on any atom is 0.0129 e. The summed E-state index contributed by atoms with van der Waals surface area (Å²) in [6, 6.07) is 22.5. The predicted octanol–water partition coefficient (Wildman–Crippen LogP) is 8.12. The summed E-state index contributed by atoms with van der Waals surface area (Å²) in [7, 11) is 0. The van der Waals surface area contributed by atoms with E-state index in [2.05, 4.69) is 111 Å². The zero-order valence-corrected chi connectivity index (χ0v) is 18.8. The molecule has 1 fully saturated rings. The van der Waals surface area contributed by atoms with E-state index in [0.29, 0.717) is 35.5 Å². The summed E-state index contributed by atoms with van der Waals surface area (Å²) >= 11 is 0. The summed E-state index contributed by atoms with van der Waals surface area (Å²) in [5.74, 6) is 3.36. The zero-order chi connectivity index (χ0) is 21.2. The minimum Gasteiger partial charge on any atom is -0.0800 e. The third-order valence-electron chi connectivity index (χ3n) is 7.72. The van der Waals surface area contributed by atoms with Gasteiger partial charge in [-0.25, -0.2) is 0 Å². The van der Waals surface area contributed by atoms with Crippen LogP contribution in [0.5, 0.6) is 0 Å². The predicted molar refractivity (Wildman–Crippen MR) is 132 cm³/mol. The molecule has 0 radical (unpaired) electrons. The minimum absolute atomic E-state index is 0.413. The van der Waals surface area contributed by atoms with Crippen LogP contribution in [-0.4, -0.2) is 0 Å². The molecule has 2 aromatic carbocycles. The number of allylic oxidation sites excluding steroid dienone is 8. The van der Waals surface area contributed by atoms with Crippen LogP contribution in [-0.2, 0) is 0 Å². The van der Waals surface area contributed by atoms with Crippen LogP contribution in [0.4, 0.5) is 0 Å². The molecule has 5 atom stereocenters. The van der Waals surface area contributed by atoms with Crippen molar-refractivity contribution in [1.29, 1.82) is 0 Å². The molecule has 1 saturated carbocycles. The molecule has 3 aliphatic rings. The summed E-state index contributed by atoms with van der Waals surface area (Å²) < 4.78 is 0. The molecule has 0 bridgehead atoms. The van der Waals surface area contributed by atoms with Gasteiger partial charge in [-0.05, 0) is 60.5 Å². The van der Waals surface area contributed by atoms with Gasteiger partial charge in [0.1, 0.15) is 0 Å². The summed E-state index contributed by atoms with van der Waals surface area (Å²) in [6.45, 7) is 4.56. The van der Waals surface area contributed by atoms with Crippen LogP contribution in [0.3, 0.4) is 0 Å². The molecule has 0 heteroatoms. The van der Waals surface area contributed by atoms with Crippen LogP contribution in [0.15, 0.2) is 108 Å². The van der Waals surface area contributed by atoms with Crippen LogP contribution in [0.25, 0.3) is 0 Å². The van der Waals surface area contributed by atoms with Crippen LogP contribution in [0, 0.1) is 29.6 Å². The summed E-state index contributed by atoms with van der Waals surface area (Å²) in [4.78, 5) is 0. The zero-order valence-electron chi connectivity index (χ0n) is 18.8. The highest BCUT2D eigenvalue weighted by Crippen LogP contribution is 2.58. The second-order valence-electron chi connectivity index (χ2n) is 9.66. The van der Waals surface area contributed by atoms with Crippen LogP contribution >= 0.6 is 0 Å². The Morgan fingerprint density at radius 1 is 0.710 bits per heavy atom. The number of hydrogen-bond donors (Lipinski definition) is 0. The van der Waals surface area contributed by atoms with Gasteiger partial charge in [-0.2, -0.15) is 0 Å². The second-order valence-corrected chi connectivity index (χ2v) is 9.66. The largest absolute Gasteiger partial charge is 0.0800 e. The van der Waals surface area contributed by atoms with Crippen molar-refractivity contribution in [3.63, 3.8) is 0 Å². The molecule has 3 aliphatic carbocycles. The molecule has 0 spiro atoms. The van der Waals surface area contributed by atoms with E-state index in [4.69, 9.17) is 0 Å². The Morgan fingerprint density at radius 2 is 1.29 bits per heavy atom. The Labute approximate surface area is 188 Å². The fourth-order valence-electron chi connectivity index (χ4n) is 6.35. The summed E-state index contributed by atoms with van der Waals surface area (Å²) in [5.41, 5.74) is 5.88. The van der Waals surface area contributed by atoms with Crippen LogP contribution in [0.2, 0.25) is 0 Å². The topological polar surface area (TPSA) is 0 Å². The number of rotatable bonds is 6. The maximum atomic E-state index is 2.67. The first-order chi connectivity index (χ1) is 15.3. The first-order valence-corrected chi connectivity index (χ1v) is 12.1. The maximum absolute atomic E-state index is 2.67. The Kier molecular flexibility index (Phi) is 5.81. The second kappa shape index (κ2) is 8.87. The number of fused-ring (bicyclic) bond motifs is 3. The number of benzene rings is 2. The molecule has 0 saturated heterocycles. The molecule has 0 heterocycles. The van der Waals surface area contributed by atoms with Gasteiger partial charge >= 0.3 is 0 Å². The fourth-order valence-corrected chi connectivity index (χ4v) is 6.35. The van der Waals surface area contributed by atoms with Gasteiger partial charge in [-0.3, -0.25) is 0 Å². The highest BCUT2D eigenvalue weighted by molar-refractivity contribution is 5.41. The first kappa shape index (κ1) is 20.3. The molecular formula is C31H34.